The lowest BCUT2D eigenvalue weighted by Crippen LogP contribution is -2.12. The lowest BCUT2D eigenvalue weighted by molar-refractivity contribution is 0.0512. The molecule has 126 valence electrons. The Labute approximate surface area is 148 Å². The molecule has 1 heterocycles. The van der Waals surface area contributed by atoms with Gasteiger partial charge in [0.25, 0.3) is 0 Å². The van der Waals surface area contributed by atoms with Gasteiger partial charge >= 0.3 is 5.97 Å². The third-order valence-electron chi connectivity index (χ3n) is 3.18. The minimum absolute atomic E-state index is 0.0378. The van der Waals surface area contributed by atoms with Gasteiger partial charge in [0.1, 0.15) is 10.8 Å². The van der Waals surface area contributed by atoms with E-state index in [4.69, 9.17) is 4.74 Å². The first kappa shape index (κ1) is 17.0. The van der Waals surface area contributed by atoms with E-state index in [1.807, 2.05) is 30.3 Å². The maximum absolute atomic E-state index is 13.1. The van der Waals surface area contributed by atoms with Gasteiger partial charge in [-0.1, -0.05) is 42.1 Å². The molecule has 0 atom stereocenters. The number of carbonyl (C=O) groups is 1. The molecule has 0 fully saturated rings. The predicted molar refractivity (Wildman–Crippen MR) is 91.7 cm³/mol. The second kappa shape index (κ2) is 7.85. The van der Waals surface area contributed by atoms with Crippen LogP contribution >= 0.6 is 11.8 Å². The Kier molecular flexibility index (Phi) is 5.35. The van der Waals surface area contributed by atoms with Crippen LogP contribution < -0.4 is 0 Å². The van der Waals surface area contributed by atoms with Crippen molar-refractivity contribution in [3.05, 3.63) is 66.1 Å². The quantitative estimate of drug-likeness (QED) is 0.645. The summed E-state index contributed by atoms with van der Waals surface area (Å²) in [4.78, 5) is 17.3. The number of hydrogen-bond acceptors (Lipinski definition) is 6. The molecule has 1 aromatic heterocycles. The second-order valence-electron chi connectivity index (χ2n) is 4.93. The SMILES string of the molecule is CCOC(=O)c1nnc(-c2ccccc2)nc1Sc1ccc(F)cc1. The summed E-state index contributed by atoms with van der Waals surface area (Å²) >= 11 is 1.20. The molecular weight excluding hydrogens is 341 g/mol. The van der Waals surface area contributed by atoms with E-state index in [2.05, 4.69) is 15.2 Å². The monoisotopic (exact) mass is 355 g/mol. The Hall–Kier alpha value is -2.80. The number of hydrogen-bond donors (Lipinski definition) is 0. The Morgan fingerprint density at radius 3 is 2.48 bits per heavy atom. The van der Waals surface area contributed by atoms with Gasteiger partial charge in [-0.2, -0.15) is 0 Å². The van der Waals surface area contributed by atoms with E-state index in [0.717, 1.165) is 10.5 Å². The lowest BCUT2D eigenvalue weighted by atomic mass is 10.2. The number of ether oxygens (including phenoxy) is 1. The van der Waals surface area contributed by atoms with Crippen LogP contribution in [0.5, 0.6) is 0 Å². The van der Waals surface area contributed by atoms with Crippen molar-refractivity contribution in [2.75, 3.05) is 6.61 Å². The minimum atomic E-state index is -0.591. The van der Waals surface area contributed by atoms with Crippen LogP contribution in [0.1, 0.15) is 17.4 Å². The van der Waals surface area contributed by atoms with Crippen molar-refractivity contribution in [2.24, 2.45) is 0 Å². The molecule has 0 spiro atoms. The summed E-state index contributed by atoms with van der Waals surface area (Å²) < 4.78 is 18.1. The zero-order valence-electron chi connectivity index (χ0n) is 13.3. The number of aromatic nitrogens is 3. The fourth-order valence-corrected chi connectivity index (χ4v) is 2.88. The molecule has 0 aliphatic heterocycles. The maximum Gasteiger partial charge on any atom is 0.361 e. The van der Waals surface area contributed by atoms with Crippen LogP contribution in [0.15, 0.2) is 64.5 Å². The Morgan fingerprint density at radius 2 is 1.80 bits per heavy atom. The van der Waals surface area contributed by atoms with Gasteiger partial charge in [-0.3, -0.25) is 0 Å². The van der Waals surface area contributed by atoms with Crippen molar-refractivity contribution >= 4 is 17.7 Å². The van der Waals surface area contributed by atoms with Gasteiger partial charge in [0.15, 0.2) is 5.82 Å². The zero-order valence-corrected chi connectivity index (χ0v) is 14.2. The van der Waals surface area contributed by atoms with Crippen molar-refractivity contribution in [3.8, 4) is 11.4 Å². The average Bonchev–Trinajstić information content (AvgIpc) is 2.64. The van der Waals surface area contributed by atoms with Gasteiger partial charge in [0, 0.05) is 10.5 Å². The van der Waals surface area contributed by atoms with E-state index in [9.17, 15) is 9.18 Å². The Morgan fingerprint density at radius 1 is 1.08 bits per heavy atom. The highest BCUT2D eigenvalue weighted by molar-refractivity contribution is 7.99. The maximum atomic E-state index is 13.1. The summed E-state index contributed by atoms with van der Waals surface area (Å²) in [5.41, 5.74) is 0.822. The van der Waals surface area contributed by atoms with E-state index in [0.29, 0.717) is 10.9 Å². The minimum Gasteiger partial charge on any atom is -0.461 e. The fourth-order valence-electron chi connectivity index (χ4n) is 2.03. The van der Waals surface area contributed by atoms with Crippen LogP contribution in [0.25, 0.3) is 11.4 Å². The van der Waals surface area contributed by atoms with E-state index in [1.54, 1.807) is 19.1 Å². The van der Waals surface area contributed by atoms with Crippen molar-refractivity contribution in [2.45, 2.75) is 16.8 Å². The van der Waals surface area contributed by atoms with Crippen LogP contribution in [0.3, 0.4) is 0 Å². The standard InChI is InChI=1S/C18H14FN3O2S/c1-2-24-18(23)15-17(25-14-10-8-13(19)9-11-14)20-16(22-21-15)12-6-4-3-5-7-12/h3-11H,2H2,1H3. The number of nitrogens with zero attached hydrogens (tertiary/aromatic N) is 3. The molecule has 0 saturated carbocycles. The molecule has 5 nitrogen and oxygen atoms in total. The largest absolute Gasteiger partial charge is 0.461 e. The average molecular weight is 355 g/mol. The first-order valence-electron chi connectivity index (χ1n) is 7.58. The van der Waals surface area contributed by atoms with Crippen LogP contribution in [-0.4, -0.2) is 27.8 Å². The molecule has 0 radical (unpaired) electrons. The smallest absolute Gasteiger partial charge is 0.361 e. The van der Waals surface area contributed by atoms with Crippen LogP contribution in [-0.2, 0) is 4.74 Å². The molecule has 0 saturated heterocycles. The fraction of sp³-hybridized carbons (Fsp3) is 0.111. The topological polar surface area (TPSA) is 65.0 Å². The van der Waals surface area contributed by atoms with Crippen molar-refractivity contribution in [1.82, 2.24) is 15.2 Å². The Bertz CT molecular complexity index is 873. The van der Waals surface area contributed by atoms with Crippen LogP contribution in [0.2, 0.25) is 0 Å². The molecular formula is C18H14FN3O2S. The number of esters is 1. The first-order valence-corrected chi connectivity index (χ1v) is 8.39. The summed E-state index contributed by atoms with van der Waals surface area (Å²) in [7, 11) is 0. The van der Waals surface area contributed by atoms with Crippen LogP contribution in [0.4, 0.5) is 4.39 Å². The molecule has 2 aromatic carbocycles. The summed E-state index contributed by atoms with van der Waals surface area (Å²) in [6.07, 6.45) is 0. The van der Waals surface area contributed by atoms with E-state index in [-0.39, 0.29) is 18.1 Å². The number of halogens is 1. The highest BCUT2D eigenvalue weighted by atomic mass is 32.2. The number of carbonyl (C=O) groups excluding carboxylic acids is 1. The molecule has 0 aliphatic rings. The van der Waals surface area contributed by atoms with Gasteiger partial charge in [0.05, 0.1) is 6.61 Å². The first-order chi connectivity index (χ1) is 12.2. The third-order valence-corrected chi connectivity index (χ3v) is 4.17. The molecule has 3 rings (SSSR count). The third kappa shape index (κ3) is 4.19. The summed E-state index contributed by atoms with van der Waals surface area (Å²) in [6, 6.07) is 15.2. The molecule has 0 unspecified atom stereocenters. The molecule has 7 heteroatoms. The van der Waals surface area contributed by atoms with Crippen molar-refractivity contribution < 1.29 is 13.9 Å². The van der Waals surface area contributed by atoms with Gasteiger partial charge in [-0.05, 0) is 31.2 Å². The van der Waals surface area contributed by atoms with Gasteiger partial charge in [0.2, 0.25) is 5.69 Å². The van der Waals surface area contributed by atoms with Crippen LogP contribution in [0, 0.1) is 5.82 Å². The van der Waals surface area contributed by atoms with Crippen molar-refractivity contribution in [1.29, 1.82) is 0 Å². The normalized spacial score (nSPS) is 10.5. The van der Waals surface area contributed by atoms with E-state index < -0.39 is 5.97 Å². The molecule has 0 bridgehead atoms. The second-order valence-corrected chi connectivity index (χ2v) is 5.99. The van der Waals surface area contributed by atoms with Gasteiger partial charge in [-0.25, -0.2) is 14.2 Å². The Balaban J connectivity index is 2.01. The predicted octanol–water partition coefficient (Wildman–Crippen LogP) is 4.01. The highest BCUT2D eigenvalue weighted by Gasteiger charge is 2.19. The van der Waals surface area contributed by atoms with Crippen molar-refractivity contribution in [3.63, 3.8) is 0 Å². The highest BCUT2D eigenvalue weighted by Crippen LogP contribution is 2.29. The summed E-state index contributed by atoms with van der Waals surface area (Å²) in [5, 5.41) is 8.40. The number of rotatable bonds is 5. The summed E-state index contributed by atoms with van der Waals surface area (Å²) in [6.45, 7) is 1.94. The molecule has 3 aromatic rings. The van der Waals surface area contributed by atoms with E-state index in [1.165, 1.54) is 23.9 Å². The van der Waals surface area contributed by atoms with Gasteiger partial charge < -0.3 is 4.74 Å². The zero-order chi connectivity index (χ0) is 17.6. The lowest BCUT2D eigenvalue weighted by Gasteiger charge is -2.08. The molecule has 0 amide bonds. The molecule has 25 heavy (non-hydrogen) atoms. The summed E-state index contributed by atoms with van der Waals surface area (Å²) in [5.74, 6) is -0.522. The van der Waals surface area contributed by atoms with Gasteiger partial charge in [-0.15, -0.1) is 10.2 Å². The number of benzene rings is 2. The molecule has 0 aliphatic carbocycles. The van der Waals surface area contributed by atoms with E-state index >= 15 is 0 Å². The molecule has 0 N–H and O–H groups in total.